The van der Waals surface area contributed by atoms with Gasteiger partial charge in [-0.15, -0.1) is 35.3 Å². The lowest BCUT2D eigenvalue weighted by Crippen LogP contribution is -2.47. The van der Waals surface area contributed by atoms with E-state index in [0.29, 0.717) is 12.6 Å². The molecule has 1 aromatic rings. The Labute approximate surface area is 178 Å². The van der Waals surface area contributed by atoms with E-state index in [-0.39, 0.29) is 24.0 Å². The topological polar surface area (TPSA) is 59.0 Å². The number of methoxy groups -OCH3 is 1. The third-order valence-corrected chi connectivity index (χ3v) is 5.35. The van der Waals surface area contributed by atoms with E-state index in [9.17, 15) is 0 Å². The van der Waals surface area contributed by atoms with Crippen molar-refractivity contribution >= 4 is 41.3 Å². The van der Waals surface area contributed by atoms with Gasteiger partial charge in [0.15, 0.2) is 5.96 Å². The van der Waals surface area contributed by atoms with Gasteiger partial charge in [0, 0.05) is 44.8 Å². The first-order chi connectivity index (χ1) is 12.1. The van der Waals surface area contributed by atoms with Crippen LogP contribution in [0.15, 0.2) is 4.99 Å². The maximum absolute atomic E-state index is 5.95. The summed E-state index contributed by atoms with van der Waals surface area (Å²) in [5.41, 5.74) is 1.10. The fourth-order valence-electron chi connectivity index (χ4n) is 2.98. The number of aliphatic imine (C=N–C) groups is 1. The van der Waals surface area contributed by atoms with Crippen LogP contribution in [0.4, 0.5) is 0 Å². The molecule has 150 valence electrons. The predicted octanol–water partition coefficient (Wildman–Crippen LogP) is 3.36. The number of hydrogen-bond donors (Lipinski definition) is 1. The summed E-state index contributed by atoms with van der Waals surface area (Å²) < 4.78 is 11.0. The molecule has 0 bridgehead atoms. The Morgan fingerprint density at radius 2 is 2.04 bits per heavy atom. The molecule has 1 fully saturated rings. The third kappa shape index (κ3) is 7.66. The van der Waals surface area contributed by atoms with Crippen LogP contribution in [0.5, 0.6) is 0 Å². The summed E-state index contributed by atoms with van der Waals surface area (Å²) in [6, 6.07) is 0. The number of guanidine groups is 1. The maximum atomic E-state index is 5.95. The molecule has 1 aromatic heterocycles. The van der Waals surface area contributed by atoms with E-state index in [1.807, 2.05) is 6.92 Å². The van der Waals surface area contributed by atoms with Crippen molar-refractivity contribution in [1.82, 2.24) is 15.2 Å². The van der Waals surface area contributed by atoms with Crippen LogP contribution in [-0.2, 0) is 16.0 Å². The number of aromatic nitrogens is 1. The summed E-state index contributed by atoms with van der Waals surface area (Å²) in [6.45, 7) is 11.3. The second-order valence-electron chi connectivity index (χ2n) is 6.32. The van der Waals surface area contributed by atoms with Crippen LogP contribution in [0.1, 0.15) is 41.8 Å². The van der Waals surface area contributed by atoms with Crippen molar-refractivity contribution in [3.8, 4) is 0 Å². The second kappa shape index (κ2) is 12.9. The van der Waals surface area contributed by atoms with E-state index in [1.54, 1.807) is 18.4 Å². The molecular weight excluding hydrogens is 463 g/mol. The zero-order chi connectivity index (χ0) is 18.1. The Bertz CT molecular complexity index is 545. The van der Waals surface area contributed by atoms with Gasteiger partial charge in [-0.05, 0) is 40.0 Å². The average molecular weight is 496 g/mol. The SMILES string of the molecule is CCNC(=NCc1sc(C)nc1C)N1CCC(OCCCOC)CC1.I. The van der Waals surface area contributed by atoms with E-state index >= 15 is 0 Å². The van der Waals surface area contributed by atoms with Crippen molar-refractivity contribution in [2.75, 3.05) is 40.0 Å². The number of ether oxygens (including phenoxy) is 2. The first kappa shape index (κ1) is 23.6. The molecule has 2 heterocycles. The molecule has 0 saturated carbocycles. The van der Waals surface area contributed by atoms with Crippen LogP contribution in [0.25, 0.3) is 0 Å². The van der Waals surface area contributed by atoms with Crippen molar-refractivity contribution in [2.45, 2.75) is 52.7 Å². The highest BCUT2D eigenvalue weighted by atomic mass is 127. The highest BCUT2D eigenvalue weighted by Gasteiger charge is 2.22. The minimum atomic E-state index is 0. The number of piperidine rings is 1. The number of thiazole rings is 1. The van der Waals surface area contributed by atoms with Crippen molar-refractivity contribution in [1.29, 1.82) is 0 Å². The van der Waals surface area contributed by atoms with Crippen LogP contribution in [-0.4, -0.2) is 61.9 Å². The number of hydrogen-bond acceptors (Lipinski definition) is 5. The molecule has 1 aliphatic heterocycles. The molecule has 0 radical (unpaired) electrons. The van der Waals surface area contributed by atoms with Gasteiger partial charge < -0.3 is 19.7 Å². The molecule has 6 nitrogen and oxygen atoms in total. The minimum Gasteiger partial charge on any atom is -0.385 e. The van der Waals surface area contributed by atoms with Gasteiger partial charge in [-0.3, -0.25) is 0 Å². The minimum absolute atomic E-state index is 0. The molecule has 26 heavy (non-hydrogen) atoms. The van der Waals surface area contributed by atoms with Crippen LogP contribution in [0, 0.1) is 13.8 Å². The molecule has 0 spiro atoms. The Balaban J connectivity index is 0.00000338. The maximum Gasteiger partial charge on any atom is 0.194 e. The highest BCUT2D eigenvalue weighted by molar-refractivity contribution is 14.0. The summed E-state index contributed by atoms with van der Waals surface area (Å²) in [5, 5.41) is 4.54. The van der Waals surface area contributed by atoms with Gasteiger partial charge in [0.05, 0.1) is 23.4 Å². The molecule has 0 aromatic carbocycles. The third-order valence-electron chi connectivity index (χ3n) is 4.29. The van der Waals surface area contributed by atoms with Gasteiger partial charge in [-0.2, -0.15) is 0 Å². The van der Waals surface area contributed by atoms with Gasteiger partial charge in [0.1, 0.15) is 0 Å². The molecule has 0 aliphatic carbocycles. The number of nitrogens with zero attached hydrogens (tertiary/aromatic N) is 3. The Morgan fingerprint density at radius 3 is 2.62 bits per heavy atom. The molecule has 1 aliphatic rings. The summed E-state index contributed by atoms with van der Waals surface area (Å²) in [6.07, 6.45) is 3.43. The lowest BCUT2D eigenvalue weighted by molar-refractivity contribution is 0.00990. The smallest absolute Gasteiger partial charge is 0.194 e. The Morgan fingerprint density at radius 1 is 1.31 bits per heavy atom. The van der Waals surface area contributed by atoms with Crippen LogP contribution >= 0.6 is 35.3 Å². The van der Waals surface area contributed by atoms with Gasteiger partial charge in [-0.25, -0.2) is 9.98 Å². The highest BCUT2D eigenvalue weighted by Crippen LogP contribution is 2.19. The lowest BCUT2D eigenvalue weighted by Gasteiger charge is -2.34. The van der Waals surface area contributed by atoms with E-state index in [1.165, 1.54) is 4.88 Å². The van der Waals surface area contributed by atoms with Crippen molar-refractivity contribution in [2.24, 2.45) is 4.99 Å². The molecule has 1 saturated heterocycles. The van der Waals surface area contributed by atoms with Crippen LogP contribution < -0.4 is 5.32 Å². The summed E-state index contributed by atoms with van der Waals surface area (Å²) in [4.78, 5) is 12.9. The fraction of sp³-hybridized carbons (Fsp3) is 0.778. The van der Waals surface area contributed by atoms with Crippen molar-refractivity contribution in [3.05, 3.63) is 15.6 Å². The van der Waals surface area contributed by atoms with E-state index < -0.39 is 0 Å². The molecular formula is C18H33IN4O2S. The van der Waals surface area contributed by atoms with E-state index in [4.69, 9.17) is 14.5 Å². The molecule has 2 rings (SSSR count). The molecule has 0 unspecified atom stereocenters. The number of halogens is 1. The number of aryl methyl sites for hydroxylation is 2. The summed E-state index contributed by atoms with van der Waals surface area (Å²) in [5.74, 6) is 1.01. The Kier molecular flexibility index (Phi) is 11.7. The molecule has 0 atom stereocenters. The molecule has 0 amide bonds. The summed E-state index contributed by atoms with van der Waals surface area (Å²) >= 11 is 1.74. The standard InChI is InChI=1S/C18H32N4O2S.HI/c1-5-19-18(20-13-17-14(2)21-15(3)25-17)22-9-7-16(8-10-22)24-12-6-11-23-4;/h16H,5-13H2,1-4H3,(H,19,20);1H. The van der Waals surface area contributed by atoms with Crippen LogP contribution in [0.3, 0.4) is 0 Å². The van der Waals surface area contributed by atoms with Crippen molar-refractivity contribution < 1.29 is 9.47 Å². The first-order valence-electron chi connectivity index (χ1n) is 9.20. The van der Waals surface area contributed by atoms with Gasteiger partial charge in [0.25, 0.3) is 0 Å². The van der Waals surface area contributed by atoms with Gasteiger partial charge >= 0.3 is 0 Å². The van der Waals surface area contributed by atoms with Gasteiger partial charge in [0.2, 0.25) is 0 Å². The van der Waals surface area contributed by atoms with Crippen LogP contribution in [0.2, 0.25) is 0 Å². The summed E-state index contributed by atoms with van der Waals surface area (Å²) in [7, 11) is 1.73. The van der Waals surface area contributed by atoms with E-state index in [0.717, 1.165) is 68.8 Å². The monoisotopic (exact) mass is 496 g/mol. The van der Waals surface area contributed by atoms with E-state index in [2.05, 4.69) is 29.0 Å². The molecule has 8 heteroatoms. The fourth-order valence-corrected chi connectivity index (χ4v) is 3.84. The zero-order valence-corrected chi connectivity index (χ0v) is 19.6. The van der Waals surface area contributed by atoms with Crippen molar-refractivity contribution in [3.63, 3.8) is 0 Å². The quantitative estimate of drug-likeness (QED) is 0.259. The normalized spacial score (nSPS) is 15.8. The second-order valence-corrected chi connectivity index (χ2v) is 7.60. The number of rotatable bonds is 8. The molecule has 1 N–H and O–H groups in total. The van der Waals surface area contributed by atoms with Gasteiger partial charge in [-0.1, -0.05) is 0 Å². The number of nitrogens with one attached hydrogen (secondary N) is 1. The average Bonchev–Trinajstić information content (AvgIpc) is 2.93. The zero-order valence-electron chi connectivity index (χ0n) is 16.4. The largest absolute Gasteiger partial charge is 0.385 e. The lowest BCUT2D eigenvalue weighted by atomic mass is 10.1. The Hall–Kier alpha value is -0.450. The number of likely N-dealkylation sites (tertiary alicyclic amines) is 1. The first-order valence-corrected chi connectivity index (χ1v) is 10.0. The predicted molar refractivity (Wildman–Crippen MR) is 119 cm³/mol.